The van der Waals surface area contributed by atoms with Gasteiger partial charge in [-0.1, -0.05) is 11.3 Å². The zero-order valence-corrected chi connectivity index (χ0v) is 13.8. The minimum absolute atomic E-state index is 0.130. The van der Waals surface area contributed by atoms with E-state index >= 15 is 0 Å². The van der Waals surface area contributed by atoms with Crippen molar-refractivity contribution >= 4 is 32.4 Å². The van der Waals surface area contributed by atoms with Gasteiger partial charge in [0.1, 0.15) is 0 Å². The predicted octanol–water partition coefficient (Wildman–Crippen LogP) is -0.149. The number of nitrogens with zero attached hydrogens (tertiary/aromatic N) is 3. The maximum Gasteiger partial charge on any atom is 0.264 e. The van der Waals surface area contributed by atoms with E-state index in [9.17, 15) is 13.2 Å². The Kier molecular flexibility index (Phi) is 4.94. The maximum atomic E-state index is 12.4. The monoisotopic (exact) mass is 333 g/mol. The molecule has 0 spiro atoms. The number of sulfonamides is 1. The Balaban J connectivity index is 2.12. The van der Waals surface area contributed by atoms with Gasteiger partial charge in [-0.3, -0.25) is 4.79 Å². The molecular formula is C11H19N5O3S2. The van der Waals surface area contributed by atoms with Crippen molar-refractivity contribution in [1.82, 2.24) is 19.7 Å². The van der Waals surface area contributed by atoms with Gasteiger partial charge in [0, 0.05) is 33.1 Å². The van der Waals surface area contributed by atoms with Crippen LogP contribution in [-0.2, 0) is 14.8 Å². The molecule has 0 bridgehead atoms. The summed E-state index contributed by atoms with van der Waals surface area (Å²) < 4.78 is 24.9. The van der Waals surface area contributed by atoms with Crippen molar-refractivity contribution in [2.24, 2.45) is 0 Å². The largest absolute Gasteiger partial charge is 0.304 e. The number of thiazole rings is 1. The van der Waals surface area contributed by atoms with E-state index in [4.69, 9.17) is 0 Å². The molecule has 10 heteroatoms. The van der Waals surface area contributed by atoms with Crippen LogP contribution in [0, 0.1) is 6.92 Å². The molecule has 0 atom stereocenters. The quantitative estimate of drug-likeness (QED) is 0.796. The van der Waals surface area contributed by atoms with Crippen LogP contribution in [0.5, 0.6) is 0 Å². The van der Waals surface area contributed by atoms with Gasteiger partial charge in [-0.05, 0) is 14.0 Å². The number of rotatable bonds is 4. The maximum absolute atomic E-state index is 12.4. The van der Waals surface area contributed by atoms with Crippen molar-refractivity contribution < 1.29 is 13.2 Å². The van der Waals surface area contributed by atoms with Crippen molar-refractivity contribution in [1.29, 1.82) is 0 Å². The minimum Gasteiger partial charge on any atom is -0.304 e. The van der Waals surface area contributed by atoms with E-state index in [2.05, 4.69) is 20.0 Å². The molecule has 21 heavy (non-hydrogen) atoms. The first kappa shape index (κ1) is 16.3. The predicted molar refractivity (Wildman–Crippen MR) is 80.5 cm³/mol. The lowest BCUT2D eigenvalue weighted by molar-refractivity contribution is -0.114. The summed E-state index contributed by atoms with van der Waals surface area (Å²) >= 11 is 0.953. The third-order valence-electron chi connectivity index (χ3n) is 3.03. The number of aryl methyl sites for hydroxylation is 1. The molecule has 0 saturated carbocycles. The van der Waals surface area contributed by atoms with Crippen LogP contribution in [0.3, 0.4) is 0 Å². The Bertz CT molecular complexity index is 620. The molecular weight excluding hydrogens is 314 g/mol. The van der Waals surface area contributed by atoms with Crippen molar-refractivity contribution in [2.75, 3.05) is 38.5 Å². The van der Waals surface area contributed by atoms with E-state index in [1.165, 1.54) is 6.92 Å². The molecule has 1 aromatic rings. The molecule has 0 radical (unpaired) electrons. The highest BCUT2D eigenvalue weighted by Crippen LogP contribution is 2.27. The van der Waals surface area contributed by atoms with Crippen LogP contribution in [0.15, 0.2) is 4.21 Å². The average Bonchev–Trinajstić information content (AvgIpc) is 2.73. The van der Waals surface area contributed by atoms with Gasteiger partial charge >= 0.3 is 0 Å². The number of hydrogen-bond donors (Lipinski definition) is 2. The van der Waals surface area contributed by atoms with Crippen LogP contribution in [0.4, 0.5) is 5.13 Å². The standard InChI is InChI=1S/C11H19N5O3S2/c1-8-10(20-11(12-8)13-9(2)17)21(18,19)14-16-6-4-15(3)5-7-16/h14H,4-7H2,1-3H3,(H,12,13,17). The number of aromatic nitrogens is 1. The average molecular weight is 333 g/mol. The van der Waals surface area contributed by atoms with Gasteiger partial charge in [0.25, 0.3) is 10.0 Å². The van der Waals surface area contributed by atoms with Crippen molar-refractivity contribution in [3.63, 3.8) is 0 Å². The number of anilines is 1. The first-order valence-electron chi connectivity index (χ1n) is 6.49. The van der Waals surface area contributed by atoms with Gasteiger partial charge in [-0.15, -0.1) is 4.83 Å². The summed E-state index contributed by atoms with van der Waals surface area (Å²) in [5.41, 5.74) is 0.380. The Hall–Kier alpha value is -1.07. The normalized spacial score (nSPS) is 17.9. The molecule has 1 amide bonds. The van der Waals surface area contributed by atoms with Crippen LogP contribution < -0.4 is 10.1 Å². The highest BCUT2D eigenvalue weighted by molar-refractivity contribution is 7.91. The van der Waals surface area contributed by atoms with Crippen molar-refractivity contribution in [2.45, 2.75) is 18.1 Å². The molecule has 1 aliphatic rings. The van der Waals surface area contributed by atoms with Crippen LogP contribution >= 0.6 is 11.3 Å². The third-order valence-corrected chi connectivity index (χ3v) is 6.09. The Morgan fingerprint density at radius 2 is 1.90 bits per heavy atom. The lowest BCUT2D eigenvalue weighted by atomic mass is 10.4. The number of carbonyl (C=O) groups is 1. The van der Waals surface area contributed by atoms with E-state index in [1.54, 1.807) is 11.9 Å². The SMILES string of the molecule is CC(=O)Nc1nc(C)c(S(=O)(=O)NN2CCN(C)CC2)s1. The zero-order chi connectivity index (χ0) is 15.6. The minimum atomic E-state index is -3.66. The van der Waals surface area contributed by atoms with Gasteiger partial charge in [-0.2, -0.15) is 0 Å². The molecule has 1 saturated heterocycles. The fourth-order valence-electron chi connectivity index (χ4n) is 1.94. The van der Waals surface area contributed by atoms with Gasteiger partial charge in [0.05, 0.1) is 5.69 Å². The molecule has 0 unspecified atom stereocenters. The van der Waals surface area contributed by atoms with Crippen molar-refractivity contribution in [3.8, 4) is 0 Å². The summed E-state index contributed by atoms with van der Waals surface area (Å²) in [5.74, 6) is -0.278. The highest BCUT2D eigenvalue weighted by Gasteiger charge is 2.26. The zero-order valence-electron chi connectivity index (χ0n) is 12.2. The molecule has 1 aliphatic heterocycles. The second-order valence-electron chi connectivity index (χ2n) is 4.96. The molecule has 1 fully saturated rings. The number of nitrogens with one attached hydrogen (secondary N) is 2. The molecule has 0 aromatic carbocycles. The van der Waals surface area contributed by atoms with E-state index in [1.807, 2.05) is 7.05 Å². The Labute approximate surface area is 128 Å². The number of likely N-dealkylation sites (N-methyl/N-ethyl adjacent to an activating group) is 1. The molecule has 118 valence electrons. The fraction of sp³-hybridized carbons (Fsp3) is 0.636. The summed E-state index contributed by atoms with van der Waals surface area (Å²) in [6, 6.07) is 0. The summed E-state index contributed by atoms with van der Waals surface area (Å²) in [6.07, 6.45) is 0. The first-order chi connectivity index (χ1) is 9.78. The molecule has 0 aliphatic carbocycles. The van der Waals surface area contributed by atoms with E-state index < -0.39 is 10.0 Å². The van der Waals surface area contributed by atoms with Crippen LogP contribution in [0.25, 0.3) is 0 Å². The van der Waals surface area contributed by atoms with Crippen molar-refractivity contribution in [3.05, 3.63) is 5.69 Å². The van der Waals surface area contributed by atoms with Crippen LogP contribution in [0.1, 0.15) is 12.6 Å². The molecule has 2 heterocycles. The summed E-state index contributed by atoms with van der Waals surface area (Å²) in [6.45, 7) is 5.84. The fourth-order valence-corrected chi connectivity index (χ4v) is 4.52. The number of carbonyl (C=O) groups excluding carboxylic acids is 1. The van der Waals surface area contributed by atoms with E-state index in [0.717, 1.165) is 24.4 Å². The second-order valence-corrected chi connectivity index (χ2v) is 7.81. The van der Waals surface area contributed by atoms with Gasteiger partial charge in [0.15, 0.2) is 9.34 Å². The Morgan fingerprint density at radius 3 is 2.48 bits per heavy atom. The first-order valence-corrected chi connectivity index (χ1v) is 8.79. The lowest BCUT2D eigenvalue weighted by Gasteiger charge is -2.31. The van der Waals surface area contributed by atoms with Crippen LogP contribution in [0.2, 0.25) is 0 Å². The smallest absolute Gasteiger partial charge is 0.264 e. The second kappa shape index (κ2) is 6.36. The Morgan fingerprint density at radius 1 is 1.29 bits per heavy atom. The third kappa shape index (κ3) is 4.20. The lowest BCUT2D eigenvalue weighted by Crippen LogP contribution is -2.52. The number of amides is 1. The van der Waals surface area contributed by atoms with Gasteiger partial charge < -0.3 is 10.2 Å². The highest BCUT2D eigenvalue weighted by atomic mass is 32.2. The number of piperazine rings is 1. The number of hydrazine groups is 1. The summed E-state index contributed by atoms with van der Waals surface area (Å²) in [5, 5.41) is 4.48. The molecule has 1 aromatic heterocycles. The van der Waals surface area contributed by atoms with E-state index in [-0.39, 0.29) is 10.1 Å². The number of hydrogen-bond acceptors (Lipinski definition) is 7. The molecule has 8 nitrogen and oxygen atoms in total. The summed E-state index contributed by atoms with van der Waals surface area (Å²) in [7, 11) is -1.66. The summed E-state index contributed by atoms with van der Waals surface area (Å²) in [4.78, 5) is 19.8. The van der Waals surface area contributed by atoms with Gasteiger partial charge in [0.2, 0.25) is 5.91 Å². The molecule has 2 rings (SSSR count). The van der Waals surface area contributed by atoms with Crippen LogP contribution in [-0.4, -0.2) is 62.4 Å². The molecule has 2 N–H and O–H groups in total. The topological polar surface area (TPSA) is 94.6 Å². The van der Waals surface area contributed by atoms with E-state index in [0.29, 0.717) is 23.9 Å². The van der Waals surface area contributed by atoms with Gasteiger partial charge in [-0.25, -0.2) is 18.4 Å².